The number of aliphatic hydroxyl groups is 3. The van der Waals surface area contributed by atoms with Gasteiger partial charge in [-0.2, -0.15) is 0 Å². The second-order valence-electron chi connectivity index (χ2n) is 11.7. The Kier molecular flexibility index (Phi) is 6.04. The molecule has 0 aliphatic heterocycles. The molecule has 4 fully saturated rings. The third-order valence-corrected chi connectivity index (χ3v) is 10.4. The molecular formula is C25H42O5. The molecule has 4 aliphatic rings. The van der Waals surface area contributed by atoms with Crippen molar-refractivity contribution in [3.8, 4) is 0 Å². The summed E-state index contributed by atoms with van der Waals surface area (Å²) in [6.45, 7) is 6.96. The van der Waals surface area contributed by atoms with Gasteiger partial charge in [0.05, 0.1) is 25.4 Å². The average molecular weight is 423 g/mol. The zero-order valence-electron chi connectivity index (χ0n) is 19.2. The Labute approximate surface area is 181 Å². The van der Waals surface area contributed by atoms with Gasteiger partial charge < -0.3 is 20.1 Å². The zero-order chi connectivity index (χ0) is 21.8. The molecule has 2 unspecified atom stereocenters. The third-order valence-electron chi connectivity index (χ3n) is 10.4. The first kappa shape index (κ1) is 22.5. The molecule has 5 nitrogen and oxygen atoms in total. The number of ether oxygens (including phenoxy) is 1. The van der Waals surface area contributed by atoms with Crippen molar-refractivity contribution < 1.29 is 24.9 Å². The minimum absolute atomic E-state index is 0.00841. The third kappa shape index (κ3) is 3.44. The van der Waals surface area contributed by atoms with Crippen LogP contribution in [0.3, 0.4) is 0 Å². The van der Waals surface area contributed by atoms with E-state index in [4.69, 9.17) is 4.74 Å². The van der Waals surface area contributed by atoms with Crippen molar-refractivity contribution in [2.75, 3.05) is 7.11 Å². The van der Waals surface area contributed by atoms with E-state index in [-0.39, 0.29) is 46.9 Å². The number of aliphatic hydroxyl groups excluding tert-OH is 3. The maximum absolute atomic E-state index is 11.7. The molecule has 0 radical (unpaired) electrons. The van der Waals surface area contributed by atoms with E-state index in [1.807, 2.05) is 0 Å². The van der Waals surface area contributed by atoms with Crippen LogP contribution in [0.15, 0.2) is 0 Å². The number of carbonyl (C=O) groups excluding carboxylic acids is 1. The van der Waals surface area contributed by atoms with Crippen molar-refractivity contribution >= 4 is 5.97 Å². The number of methoxy groups -OCH3 is 1. The zero-order valence-corrected chi connectivity index (χ0v) is 19.2. The maximum Gasteiger partial charge on any atom is 0.305 e. The van der Waals surface area contributed by atoms with Gasteiger partial charge >= 0.3 is 5.97 Å². The first-order valence-corrected chi connectivity index (χ1v) is 12.2. The molecule has 0 aromatic rings. The summed E-state index contributed by atoms with van der Waals surface area (Å²) < 4.78 is 4.83. The van der Waals surface area contributed by atoms with Crippen LogP contribution in [0.25, 0.3) is 0 Å². The van der Waals surface area contributed by atoms with Gasteiger partial charge in [-0.1, -0.05) is 20.8 Å². The second-order valence-corrected chi connectivity index (χ2v) is 11.7. The van der Waals surface area contributed by atoms with Gasteiger partial charge in [0, 0.05) is 6.42 Å². The van der Waals surface area contributed by atoms with E-state index in [1.165, 1.54) is 7.11 Å². The predicted octanol–water partition coefficient (Wildman–Crippen LogP) is 3.54. The maximum atomic E-state index is 11.7. The summed E-state index contributed by atoms with van der Waals surface area (Å²) >= 11 is 0. The van der Waals surface area contributed by atoms with Gasteiger partial charge in [-0.05, 0) is 97.7 Å². The summed E-state index contributed by atoms with van der Waals surface area (Å²) in [5.41, 5.74) is 0.174. The Hall–Kier alpha value is -0.650. The SMILES string of the molecule is COC(=O)CC[C@@H](C)[C@H]1C[C@H](O)[C@H]2C3C(CC[C@]12C)[C@@]1(C)CC[C@@H](O)C[C@H]1C[C@H]3O. The van der Waals surface area contributed by atoms with Crippen molar-refractivity contribution in [1.82, 2.24) is 0 Å². The van der Waals surface area contributed by atoms with Gasteiger partial charge in [-0.25, -0.2) is 0 Å². The summed E-state index contributed by atoms with van der Waals surface area (Å²) in [6.07, 6.45) is 6.67. The van der Waals surface area contributed by atoms with E-state index < -0.39 is 0 Å². The molecule has 0 aromatic carbocycles. The van der Waals surface area contributed by atoms with Crippen LogP contribution in [0.5, 0.6) is 0 Å². The van der Waals surface area contributed by atoms with Crippen molar-refractivity contribution in [1.29, 1.82) is 0 Å². The van der Waals surface area contributed by atoms with Crippen LogP contribution < -0.4 is 0 Å². The largest absolute Gasteiger partial charge is 0.469 e. The van der Waals surface area contributed by atoms with Crippen LogP contribution in [-0.4, -0.2) is 46.7 Å². The van der Waals surface area contributed by atoms with E-state index >= 15 is 0 Å². The fourth-order valence-electron chi connectivity index (χ4n) is 8.83. The van der Waals surface area contributed by atoms with Gasteiger partial charge in [-0.15, -0.1) is 0 Å². The topological polar surface area (TPSA) is 87.0 Å². The minimum Gasteiger partial charge on any atom is -0.469 e. The average Bonchev–Trinajstić information content (AvgIpc) is 2.98. The predicted molar refractivity (Wildman–Crippen MR) is 114 cm³/mol. The summed E-state index contributed by atoms with van der Waals surface area (Å²) in [5, 5.41) is 32.8. The molecule has 0 bridgehead atoms. The lowest BCUT2D eigenvalue weighted by atomic mass is 9.43. The Bertz CT molecular complexity index is 651. The van der Waals surface area contributed by atoms with Crippen molar-refractivity contribution in [2.45, 2.75) is 96.9 Å². The van der Waals surface area contributed by atoms with Crippen LogP contribution >= 0.6 is 0 Å². The first-order chi connectivity index (χ1) is 14.1. The number of esters is 1. The molecule has 30 heavy (non-hydrogen) atoms. The lowest BCUT2D eigenvalue weighted by molar-refractivity contribution is -0.185. The number of hydrogen-bond acceptors (Lipinski definition) is 5. The molecule has 172 valence electrons. The number of fused-ring (bicyclic) bond motifs is 5. The molecule has 0 aromatic heterocycles. The van der Waals surface area contributed by atoms with Crippen molar-refractivity contribution in [2.24, 2.45) is 46.3 Å². The molecule has 11 atom stereocenters. The second kappa shape index (κ2) is 8.04. The lowest BCUT2D eigenvalue weighted by Gasteiger charge is -2.62. The van der Waals surface area contributed by atoms with Gasteiger partial charge in [0.25, 0.3) is 0 Å². The quantitative estimate of drug-likeness (QED) is 0.603. The van der Waals surface area contributed by atoms with Crippen LogP contribution in [0.1, 0.15) is 78.6 Å². The van der Waals surface area contributed by atoms with Gasteiger partial charge in [-0.3, -0.25) is 4.79 Å². The summed E-state index contributed by atoms with van der Waals surface area (Å²) in [6, 6.07) is 0. The first-order valence-electron chi connectivity index (χ1n) is 12.2. The highest BCUT2D eigenvalue weighted by molar-refractivity contribution is 5.69. The summed E-state index contributed by atoms with van der Waals surface area (Å²) in [7, 11) is 1.44. The van der Waals surface area contributed by atoms with Crippen LogP contribution in [0.2, 0.25) is 0 Å². The molecule has 4 rings (SSSR count). The van der Waals surface area contributed by atoms with Crippen LogP contribution in [-0.2, 0) is 9.53 Å². The van der Waals surface area contributed by atoms with E-state index in [0.717, 1.165) is 51.4 Å². The minimum atomic E-state index is -0.387. The highest BCUT2D eigenvalue weighted by Crippen LogP contribution is 2.68. The van der Waals surface area contributed by atoms with E-state index in [1.54, 1.807) is 0 Å². The Balaban J connectivity index is 1.57. The number of carbonyl (C=O) groups is 1. The molecule has 0 amide bonds. The highest BCUT2D eigenvalue weighted by atomic mass is 16.5. The number of hydrogen-bond donors (Lipinski definition) is 3. The van der Waals surface area contributed by atoms with E-state index in [9.17, 15) is 20.1 Å². The molecule has 4 saturated carbocycles. The Morgan fingerprint density at radius 2 is 1.73 bits per heavy atom. The molecule has 4 aliphatic carbocycles. The monoisotopic (exact) mass is 422 g/mol. The van der Waals surface area contributed by atoms with E-state index in [0.29, 0.717) is 30.1 Å². The van der Waals surface area contributed by atoms with Crippen molar-refractivity contribution in [3.63, 3.8) is 0 Å². The van der Waals surface area contributed by atoms with Crippen LogP contribution in [0.4, 0.5) is 0 Å². The standard InChI is InChI=1S/C25H42O5/c1-14(5-6-21(29)30-4)18-13-20(28)23-22-17(8-10-25(18,23)3)24(2)9-7-16(26)11-15(24)12-19(22)27/h14-20,22-23,26-28H,5-13H2,1-4H3/t14-,15+,16-,17?,18-,19-,20+,22?,23+,24+,25-/m1/s1. The molecule has 0 spiro atoms. The smallest absolute Gasteiger partial charge is 0.305 e. The normalized spacial score (nSPS) is 51.4. The molecule has 5 heteroatoms. The van der Waals surface area contributed by atoms with Crippen molar-refractivity contribution in [3.05, 3.63) is 0 Å². The number of rotatable bonds is 4. The fraction of sp³-hybridized carbons (Fsp3) is 0.960. The molecule has 0 heterocycles. The molecule has 3 N–H and O–H groups in total. The van der Waals surface area contributed by atoms with E-state index in [2.05, 4.69) is 20.8 Å². The van der Waals surface area contributed by atoms with Gasteiger partial charge in [0.1, 0.15) is 0 Å². The molecular weight excluding hydrogens is 380 g/mol. The molecule has 0 saturated heterocycles. The fourth-order valence-corrected chi connectivity index (χ4v) is 8.83. The Morgan fingerprint density at radius 3 is 2.43 bits per heavy atom. The van der Waals surface area contributed by atoms with Gasteiger partial charge in [0.2, 0.25) is 0 Å². The summed E-state index contributed by atoms with van der Waals surface area (Å²) in [5.74, 6) is 1.64. The summed E-state index contributed by atoms with van der Waals surface area (Å²) in [4.78, 5) is 11.7. The highest BCUT2D eigenvalue weighted by Gasteiger charge is 2.65. The lowest BCUT2D eigenvalue weighted by Crippen LogP contribution is -2.60. The van der Waals surface area contributed by atoms with Gasteiger partial charge in [0.15, 0.2) is 0 Å². The van der Waals surface area contributed by atoms with Crippen LogP contribution in [0, 0.1) is 46.3 Å². The Morgan fingerprint density at radius 1 is 1.03 bits per heavy atom.